The van der Waals surface area contributed by atoms with E-state index in [0.29, 0.717) is 34.0 Å². The lowest BCUT2D eigenvalue weighted by atomic mass is 10.3. The average molecular weight is 468 g/mol. The molecular formula is C17H17N5O5S3. The first-order valence-corrected chi connectivity index (χ1v) is 12.1. The van der Waals surface area contributed by atoms with Gasteiger partial charge in [-0.2, -0.15) is 4.31 Å². The number of nitrogens with one attached hydrogen (secondary N) is 1. The lowest BCUT2D eigenvalue weighted by molar-refractivity contribution is -0.385. The molecule has 0 aliphatic carbocycles. The van der Waals surface area contributed by atoms with Crippen molar-refractivity contribution in [2.24, 2.45) is 0 Å². The smallest absolute Gasteiger partial charge is 0.270 e. The highest BCUT2D eigenvalue weighted by atomic mass is 32.2. The molecule has 0 atom stereocenters. The molecule has 13 heteroatoms. The van der Waals surface area contributed by atoms with E-state index in [1.165, 1.54) is 27.8 Å². The Bertz CT molecular complexity index is 1140. The number of non-ortho nitro benzene ring substituents is 1. The predicted molar refractivity (Wildman–Crippen MR) is 111 cm³/mol. The van der Waals surface area contributed by atoms with Crippen molar-refractivity contribution in [2.75, 3.05) is 18.4 Å². The van der Waals surface area contributed by atoms with Gasteiger partial charge in [0.05, 0.1) is 17.7 Å². The maximum absolute atomic E-state index is 13.1. The molecule has 3 heterocycles. The van der Waals surface area contributed by atoms with Crippen LogP contribution >= 0.6 is 23.1 Å². The van der Waals surface area contributed by atoms with Gasteiger partial charge in [-0.15, -0.1) is 10.2 Å². The molecule has 1 fully saturated rings. The topological polar surface area (TPSA) is 131 Å². The Balaban J connectivity index is 1.58. The first kappa shape index (κ1) is 20.8. The summed E-state index contributed by atoms with van der Waals surface area (Å²) in [5.74, 6) is 0.744. The summed E-state index contributed by atoms with van der Waals surface area (Å²) in [7, 11) is -3.84. The van der Waals surface area contributed by atoms with Crippen LogP contribution in [0.5, 0.6) is 0 Å². The number of anilines is 1. The van der Waals surface area contributed by atoms with Gasteiger partial charge in [0, 0.05) is 30.1 Å². The van der Waals surface area contributed by atoms with Crippen molar-refractivity contribution in [3.63, 3.8) is 0 Å². The van der Waals surface area contributed by atoms with E-state index in [9.17, 15) is 18.5 Å². The molecule has 0 unspecified atom stereocenters. The van der Waals surface area contributed by atoms with Gasteiger partial charge < -0.3 is 9.73 Å². The van der Waals surface area contributed by atoms with Gasteiger partial charge in [0.15, 0.2) is 4.34 Å². The normalized spacial score (nSPS) is 14.8. The zero-order chi connectivity index (χ0) is 21.1. The summed E-state index contributed by atoms with van der Waals surface area (Å²) >= 11 is 2.37. The van der Waals surface area contributed by atoms with Crippen LogP contribution in [0.25, 0.3) is 0 Å². The van der Waals surface area contributed by atoms with Crippen LogP contribution in [0.2, 0.25) is 0 Å². The fraction of sp³-hybridized carbons (Fsp3) is 0.294. The summed E-state index contributed by atoms with van der Waals surface area (Å²) in [6.07, 6.45) is 3.13. The Morgan fingerprint density at radius 2 is 2.07 bits per heavy atom. The van der Waals surface area contributed by atoms with E-state index in [0.717, 1.165) is 36.4 Å². The van der Waals surface area contributed by atoms with E-state index in [1.54, 1.807) is 12.3 Å². The molecule has 1 aromatic carbocycles. The van der Waals surface area contributed by atoms with Crippen molar-refractivity contribution in [3.05, 3.63) is 52.5 Å². The number of hydrogen-bond donors (Lipinski definition) is 1. The molecule has 0 bridgehead atoms. The van der Waals surface area contributed by atoms with Crippen LogP contribution < -0.4 is 5.32 Å². The minimum Gasteiger partial charge on any atom is -0.467 e. The van der Waals surface area contributed by atoms with E-state index in [4.69, 9.17) is 4.42 Å². The summed E-state index contributed by atoms with van der Waals surface area (Å²) in [5, 5.41) is 23.0. The van der Waals surface area contributed by atoms with Gasteiger partial charge in [0.1, 0.15) is 10.7 Å². The van der Waals surface area contributed by atoms with Crippen molar-refractivity contribution in [2.45, 2.75) is 33.5 Å². The highest BCUT2D eigenvalue weighted by Gasteiger charge is 2.31. The van der Waals surface area contributed by atoms with E-state index in [1.807, 2.05) is 6.07 Å². The molecule has 30 heavy (non-hydrogen) atoms. The van der Waals surface area contributed by atoms with Crippen LogP contribution in [0.15, 0.2) is 55.1 Å². The van der Waals surface area contributed by atoms with Crippen molar-refractivity contribution in [1.29, 1.82) is 0 Å². The van der Waals surface area contributed by atoms with Crippen LogP contribution in [0.1, 0.15) is 18.6 Å². The summed E-state index contributed by atoms with van der Waals surface area (Å²) in [5.41, 5.74) is -0.268. The van der Waals surface area contributed by atoms with Gasteiger partial charge in [0.25, 0.3) is 5.69 Å². The molecular weight excluding hydrogens is 450 g/mol. The monoisotopic (exact) mass is 467 g/mol. The van der Waals surface area contributed by atoms with Crippen LogP contribution in [0.4, 0.5) is 10.8 Å². The molecule has 0 spiro atoms. The number of nitro benzene ring substituents is 1. The number of hydrogen-bond acceptors (Lipinski definition) is 10. The summed E-state index contributed by atoms with van der Waals surface area (Å²) in [4.78, 5) is 10.9. The molecule has 10 nitrogen and oxygen atoms in total. The molecule has 1 aliphatic heterocycles. The third kappa shape index (κ3) is 4.48. The number of sulfonamides is 1. The van der Waals surface area contributed by atoms with Crippen LogP contribution in [0.3, 0.4) is 0 Å². The number of aromatic nitrogens is 2. The Hall–Kier alpha value is -2.48. The number of nitro groups is 1. The molecule has 1 aliphatic rings. The summed E-state index contributed by atoms with van der Waals surface area (Å²) in [6, 6.07) is 7.48. The molecule has 1 N–H and O–H groups in total. The van der Waals surface area contributed by atoms with Crippen LogP contribution in [0, 0.1) is 10.1 Å². The molecule has 4 rings (SSSR count). The third-order valence-electron chi connectivity index (χ3n) is 4.42. The maximum atomic E-state index is 13.1. The Labute approximate surface area is 180 Å². The Kier molecular flexibility index (Phi) is 6.04. The van der Waals surface area contributed by atoms with E-state index in [-0.39, 0.29) is 10.6 Å². The minimum atomic E-state index is -3.84. The van der Waals surface area contributed by atoms with E-state index in [2.05, 4.69) is 15.5 Å². The van der Waals surface area contributed by atoms with Crippen LogP contribution in [-0.4, -0.2) is 40.9 Å². The zero-order valence-electron chi connectivity index (χ0n) is 15.6. The van der Waals surface area contributed by atoms with Gasteiger partial charge >= 0.3 is 0 Å². The second-order valence-corrected chi connectivity index (χ2v) is 10.6. The van der Waals surface area contributed by atoms with Gasteiger partial charge in [-0.1, -0.05) is 23.1 Å². The molecule has 0 radical (unpaired) electrons. The number of rotatable bonds is 8. The SMILES string of the molecule is O=[N+]([O-])c1ccc(Sc2nnc(NCc3ccco3)s2)c(S(=O)(=O)N2CCCC2)c1. The van der Waals surface area contributed by atoms with E-state index < -0.39 is 14.9 Å². The standard InChI is InChI=1S/C17H17N5O5S3/c23-22(24)12-5-6-14(15(10-12)30(25,26)21-7-1-2-8-21)28-17-20-19-16(29-17)18-11-13-4-3-9-27-13/h3-6,9-10H,1-2,7-8,11H2,(H,18,19). The Morgan fingerprint density at radius 3 is 2.77 bits per heavy atom. The molecule has 1 saturated heterocycles. The Morgan fingerprint density at radius 1 is 1.27 bits per heavy atom. The number of benzene rings is 1. The van der Waals surface area contributed by atoms with Gasteiger partial charge in [-0.25, -0.2) is 8.42 Å². The molecule has 0 saturated carbocycles. The fourth-order valence-electron chi connectivity index (χ4n) is 2.96. The zero-order valence-corrected chi connectivity index (χ0v) is 18.0. The van der Waals surface area contributed by atoms with Gasteiger partial charge in [-0.05, 0) is 31.0 Å². The first-order chi connectivity index (χ1) is 14.4. The molecule has 2 aromatic heterocycles. The quantitative estimate of drug-likeness (QED) is 0.390. The second kappa shape index (κ2) is 8.71. The number of furan rings is 1. The van der Waals surface area contributed by atoms with Crippen molar-refractivity contribution >= 4 is 43.9 Å². The minimum absolute atomic E-state index is 0.0797. The van der Waals surface area contributed by atoms with Crippen molar-refractivity contribution in [1.82, 2.24) is 14.5 Å². The fourth-order valence-corrected chi connectivity index (χ4v) is 6.72. The lowest BCUT2D eigenvalue weighted by Gasteiger charge is -2.17. The highest BCUT2D eigenvalue weighted by molar-refractivity contribution is 8.01. The second-order valence-electron chi connectivity index (χ2n) is 6.41. The largest absolute Gasteiger partial charge is 0.467 e. The summed E-state index contributed by atoms with van der Waals surface area (Å²) in [6.45, 7) is 1.27. The van der Waals surface area contributed by atoms with Crippen molar-refractivity contribution < 1.29 is 17.8 Å². The van der Waals surface area contributed by atoms with Crippen molar-refractivity contribution in [3.8, 4) is 0 Å². The summed E-state index contributed by atoms with van der Waals surface area (Å²) < 4.78 is 33.3. The van der Waals surface area contributed by atoms with Gasteiger partial charge in [-0.3, -0.25) is 10.1 Å². The van der Waals surface area contributed by atoms with Gasteiger partial charge in [0.2, 0.25) is 15.2 Å². The van der Waals surface area contributed by atoms with E-state index >= 15 is 0 Å². The predicted octanol–water partition coefficient (Wildman–Crippen LogP) is 3.59. The highest BCUT2D eigenvalue weighted by Crippen LogP contribution is 2.38. The molecule has 3 aromatic rings. The van der Waals surface area contributed by atoms with Crippen LogP contribution in [-0.2, 0) is 16.6 Å². The molecule has 0 amide bonds. The maximum Gasteiger partial charge on any atom is 0.270 e. The average Bonchev–Trinajstić information content (AvgIpc) is 3.48. The third-order valence-corrected chi connectivity index (χ3v) is 8.49. The lowest BCUT2D eigenvalue weighted by Crippen LogP contribution is -2.28. The molecule has 158 valence electrons. The number of nitrogens with zero attached hydrogens (tertiary/aromatic N) is 4. The first-order valence-electron chi connectivity index (χ1n) is 9.00.